The van der Waals surface area contributed by atoms with Crippen molar-refractivity contribution in [3.05, 3.63) is 71.3 Å². The van der Waals surface area contributed by atoms with Crippen LogP contribution in [0.3, 0.4) is 0 Å². The molecular weight excluding hydrogens is 366 g/mol. The van der Waals surface area contributed by atoms with Gasteiger partial charge in [0.15, 0.2) is 0 Å². The number of rotatable bonds is 10. The van der Waals surface area contributed by atoms with Crippen molar-refractivity contribution in [2.45, 2.75) is 51.0 Å². The Morgan fingerprint density at radius 2 is 1.76 bits per heavy atom. The Bertz CT molecular complexity index is 849. The van der Waals surface area contributed by atoms with Crippen LogP contribution in [0, 0.1) is 5.41 Å². The topological polar surface area (TPSA) is 116 Å². The van der Waals surface area contributed by atoms with Crippen molar-refractivity contribution in [2.24, 2.45) is 5.73 Å². The Hall–Kier alpha value is -3.15. The van der Waals surface area contributed by atoms with Gasteiger partial charge in [-0.2, -0.15) is 0 Å². The zero-order valence-corrected chi connectivity index (χ0v) is 16.9. The molecule has 2 aromatic rings. The number of hydrogen-bond donors (Lipinski definition) is 4. The number of carbonyl (C=O) groups excluding carboxylic acids is 1. The number of hydrogen-bond acceptors (Lipinski definition) is 3. The van der Waals surface area contributed by atoms with Crippen LogP contribution in [0.1, 0.15) is 49.8 Å². The number of aliphatic carboxylic acids is 1. The predicted octanol–water partition coefficient (Wildman–Crippen LogP) is 3.23. The maximum absolute atomic E-state index is 13.3. The van der Waals surface area contributed by atoms with E-state index in [1.807, 2.05) is 56.3 Å². The van der Waals surface area contributed by atoms with Crippen molar-refractivity contribution in [2.75, 3.05) is 0 Å². The number of nitrogen functional groups attached to an aromatic ring is 1. The van der Waals surface area contributed by atoms with E-state index in [0.717, 1.165) is 24.0 Å². The molecule has 0 aliphatic rings. The van der Waals surface area contributed by atoms with Gasteiger partial charge in [-0.25, -0.2) is 4.79 Å². The fraction of sp³-hybridized carbons (Fsp3) is 0.348. The summed E-state index contributed by atoms with van der Waals surface area (Å²) < 4.78 is 0. The first kappa shape index (κ1) is 22.1. The van der Waals surface area contributed by atoms with Crippen LogP contribution in [0.5, 0.6) is 0 Å². The van der Waals surface area contributed by atoms with E-state index >= 15 is 0 Å². The molecule has 0 aromatic heterocycles. The molecule has 0 saturated carbocycles. The van der Waals surface area contributed by atoms with E-state index < -0.39 is 17.4 Å². The number of carboxylic acids is 1. The number of nitrogens with one attached hydrogen (secondary N) is 2. The number of unbranched alkanes of at least 4 members (excludes halogenated alkanes) is 1. The second kappa shape index (κ2) is 9.87. The summed E-state index contributed by atoms with van der Waals surface area (Å²) >= 11 is 0. The second-order valence-corrected chi connectivity index (χ2v) is 7.49. The van der Waals surface area contributed by atoms with Gasteiger partial charge in [0.25, 0.3) is 0 Å². The molecule has 2 aromatic carbocycles. The molecule has 0 spiro atoms. The highest BCUT2D eigenvalue weighted by Gasteiger charge is 2.37. The lowest BCUT2D eigenvalue weighted by atomic mass is 9.76. The summed E-state index contributed by atoms with van der Waals surface area (Å²) in [5.41, 5.74) is 6.90. The molecular formula is C23H29N3O3. The van der Waals surface area contributed by atoms with Crippen LogP contribution in [-0.2, 0) is 21.4 Å². The van der Waals surface area contributed by atoms with Gasteiger partial charge in [0, 0.05) is 5.56 Å². The molecule has 0 aliphatic heterocycles. The van der Waals surface area contributed by atoms with Crippen LogP contribution >= 0.6 is 0 Å². The van der Waals surface area contributed by atoms with Crippen molar-refractivity contribution in [1.82, 2.24) is 5.32 Å². The van der Waals surface area contributed by atoms with Crippen LogP contribution < -0.4 is 11.1 Å². The Kier molecular flexibility index (Phi) is 7.53. The molecule has 0 unspecified atom stereocenters. The van der Waals surface area contributed by atoms with Crippen LogP contribution in [-0.4, -0.2) is 28.9 Å². The molecule has 2 atom stereocenters. The Morgan fingerprint density at radius 1 is 1.14 bits per heavy atom. The smallest absolute Gasteiger partial charge is 0.326 e. The molecule has 2 rings (SSSR count). The summed E-state index contributed by atoms with van der Waals surface area (Å²) in [5.74, 6) is -1.35. The van der Waals surface area contributed by atoms with Gasteiger partial charge < -0.3 is 16.2 Å². The monoisotopic (exact) mass is 395 g/mol. The number of nitrogens with two attached hydrogens (primary N) is 1. The van der Waals surface area contributed by atoms with Gasteiger partial charge in [-0.1, -0.05) is 74.4 Å². The summed E-state index contributed by atoms with van der Waals surface area (Å²) in [5, 5.41) is 19.8. The Balaban J connectivity index is 2.33. The van der Waals surface area contributed by atoms with E-state index in [1.54, 1.807) is 12.1 Å². The van der Waals surface area contributed by atoms with Crippen LogP contribution in [0.15, 0.2) is 54.6 Å². The molecule has 6 heteroatoms. The highest BCUT2D eigenvalue weighted by molar-refractivity contribution is 5.95. The molecule has 0 fully saturated rings. The van der Waals surface area contributed by atoms with Crippen molar-refractivity contribution >= 4 is 17.7 Å². The lowest BCUT2D eigenvalue weighted by Gasteiger charge is -2.31. The minimum absolute atomic E-state index is 0.0136. The molecule has 6 nitrogen and oxygen atoms in total. The fourth-order valence-corrected chi connectivity index (χ4v) is 3.31. The van der Waals surface area contributed by atoms with E-state index in [4.69, 9.17) is 11.1 Å². The maximum Gasteiger partial charge on any atom is 0.326 e. The number of benzene rings is 2. The van der Waals surface area contributed by atoms with Crippen LogP contribution in [0.2, 0.25) is 0 Å². The summed E-state index contributed by atoms with van der Waals surface area (Å²) in [7, 11) is 0. The molecule has 0 bridgehead atoms. The highest BCUT2D eigenvalue weighted by Crippen LogP contribution is 2.29. The van der Waals surface area contributed by atoms with Gasteiger partial charge in [0.05, 0.1) is 5.41 Å². The first-order chi connectivity index (χ1) is 13.8. The van der Waals surface area contributed by atoms with Gasteiger partial charge in [-0.05, 0) is 30.9 Å². The van der Waals surface area contributed by atoms with Crippen molar-refractivity contribution in [3.8, 4) is 0 Å². The molecule has 0 radical (unpaired) electrons. The van der Waals surface area contributed by atoms with Gasteiger partial charge in [0.2, 0.25) is 5.91 Å². The molecule has 0 saturated heterocycles. The zero-order valence-electron chi connectivity index (χ0n) is 16.9. The average molecular weight is 396 g/mol. The van der Waals surface area contributed by atoms with Crippen LogP contribution in [0.4, 0.5) is 0 Å². The number of amides is 1. The number of amidine groups is 1. The lowest BCUT2D eigenvalue weighted by molar-refractivity contribution is -0.143. The molecule has 1 amide bonds. The van der Waals surface area contributed by atoms with Gasteiger partial charge in [-0.3, -0.25) is 10.2 Å². The predicted molar refractivity (Wildman–Crippen MR) is 114 cm³/mol. The molecule has 154 valence electrons. The molecule has 5 N–H and O–H groups in total. The molecule has 0 aliphatic carbocycles. The normalized spacial score (nSPS) is 13.9. The van der Waals surface area contributed by atoms with E-state index in [9.17, 15) is 14.7 Å². The SMILES string of the molecule is CCCC[C@H](NC(=O)[C@@](C)(Cc1ccc(C(=N)N)cc1)c1ccccc1)C(=O)O. The minimum Gasteiger partial charge on any atom is -0.480 e. The van der Waals surface area contributed by atoms with E-state index in [-0.39, 0.29) is 11.7 Å². The minimum atomic E-state index is -1.02. The first-order valence-electron chi connectivity index (χ1n) is 9.80. The van der Waals surface area contributed by atoms with E-state index in [2.05, 4.69) is 5.32 Å². The molecule has 29 heavy (non-hydrogen) atoms. The van der Waals surface area contributed by atoms with Gasteiger partial charge in [-0.15, -0.1) is 0 Å². The zero-order chi connectivity index (χ0) is 21.4. The van der Waals surface area contributed by atoms with Gasteiger partial charge in [0.1, 0.15) is 11.9 Å². The quantitative estimate of drug-likeness (QED) is 0.365. The third-order valence-corrected chi connectivity index (χ3v) is 5.18. The maximum atomic E-state index is 13.3. The van der Waals surface area contributed by atoms with Crippen molar-refractivity contribution in [3.63, 3.8) is 0 Å². The number of carbonyl (C=O) groups is 2. The second-order valence-electron chi connectivity index (χ2n) is 7.49. The van der Waals surface area contributed by atoms with E-state index in [0.29, 0.717) is 18.4 Å². The summed E-state index contributed by atoms with van der Waals surface area (Å²) in [6.07, 6.45) is 2.38. The third kappa shape index (κ3) is 5.67. The number of carboxylic acid groups (broad SMARTS) is 1. The summed E-state index contributed by atoms with van der Waals surface area (Å²) in [4.78, 5) is 24.9. The largest absolute Gasteiger partial charge is 0.480 e. The standard InChI is InChI=1S/C23H29N3O3/c1-3-4-10-19(21(27)28)26-22(29)23(2,18-8-6-5-7-9-18)15-16-11-13-17(14-12-16)20(24)25/h5-9,11-14,19H,3-4,10,15H2,1-2H3,(H3,24,25)(H,26,29)(H,27,28)/t19-,23-/m0/s1. The average Bonchev–Trinajstić information content (AvgIpc) is 2.71. The Morgan fingerprint density at radius 3 is 2.28 bits per heavy atom. The fourth-order valence-electron chi connectivity index (χ4n) is 3.31. The van der Waals surface area contributed by atoms with Gasteiger partial charge >= 0.3 is 5.97 Å². The van der Waals surface area contributed by atoms with Crippen LogP contribution in [0.25, 0.3) is 0 Å². The Labute approximate surface area is 171 Å². The first-order valence-corrected chi connectivity index (χ1v) is 9.80. The lowest BCUT2D eigenvalue weighted by Crippen LogP contribution is -2.50. The summed E-state index contributed by atoms with van der Waals surface area (Å²) in [6.45, 7) is 3.81. The molecule has 0 heterocycles. The summed E-state index contributed by atoms with van der Waals surface area (Å²) in [6, 6.07) is 15.7. The van der Waals surface area contributed by atoms with E-state index in [1.165, 1.54) is 0 Å². The van der Waals surface area contributed by atoms with Crippen molar-refractivity contribution in [1.29, 1.82) is 5.41 Å². The highest BCUT2D eigenvalue weighted by atomic mass is 16.4. The van der Waals surface area contributed by atoms with Crippen molar-refractivity contribution < 1.29 is 14.7 Å². The third-order valence-electron chi connectivity index (χ3n) is 5.18.